The summed E-state index contributed by atoms with van der Waals surface area (Å²) in [4.78, 5) is 74.2. The Labute approximate surface area is 235 Å². The Kier molecular flexibility index (Phi) is 9.34. The van der Waals surface area contributed by atoms with Crippen LogP contribution in [-0.4, -0.2) is 85.3 Å². The van der Waals surface area contributed by atoms with Crippen LogP contribution in [-0.2, 0) is 36.8 Å². The van der Waals surface area contributed by atoms with Crippen molar-refractivity contribution in [1.82, 2.24) is 30.5 Å². The Bertz CT molecular complexity index is 1400. The third kappa shape index (κ3) is 7.28. The van der Waals surface area contributed by atoms with Crippen LogP contribution in [0.2, 0.25) is 0 Å². The smallest absolute Gasteiger partial charge is 0.326 e. The summed E-state index contributed by atoms with van der Waals surface area (Å²) in [6.07, 6.45) is 5.55. The molecular formula is C27H34N8O6. The van der Waals surface area contributed by atoms with E-state index < -0.39 is 53.8 Å². The normalized spacial score (nSPS) is 17.1. The first-order valence-electron chi connectivity index (χ1n) is 13.3. The van der Waals surface area contributed by atoms with Crippen molar-refractivity contribution in [3.63, 3.8) is 0 Å². The quantitative estimate of drug-likeness (QED) is 0.140. The highest BCUT2D eigenvalue weighted by Gasteiger charge is 2.38. The van der Waals surface area contributed by atoms with E-state index in [0.717, 1.165) is 16.5 Å². The van der Waals surface area contributed by atoms with E-state index in [1.54, 1.807) is 6.20 Å². The molecule has 4 unspecified atom stereocenters. The number of rotatable bonds is 13. The van der Waals surface area contributed by atoms with Crippen LogP contribution in [0.15, 0.2) is 43.0 Å². The molecule has 2 aromatic heterocycles. The van der Waals surface area contributed by atoms with E-state index in [9.17, 15) is 29.1 Å². The zero-order valence-corrected chi connectivity index (χ0v) is 22.3. The molecule has 41 heavy (non-hydrogen) atoms. The van der Waals surface area contributed by atoms with Gasteiger partial charge < -0.3 is 42.1 Å². The van der Waals surface area contributed by atoms with Gasteiger partial charge in [0.1, 0.15) is 18.1 Å². The third-order valence-corrected chi connectivity index (χ3v) is 7.18. The Morgan fingerprint density at radius 2 is 1.88 bits per heavy atom. The highest BCUT2D eigenvalue weighted by molar-refractivity contribution is 5.95. The van der Waals surface area contributed by atoms with Crippen LogP contribution in [0.5, 0.6) is 0 Å². The van der Waals surface area contributed by atoms with E-state index in [2.05, 4.69) is 25.6 Å². The van der Waals surface area contributed by atoms with Gasteiger partial charge in [-0.15, -0.1) is 0 Å². The SMILES string of the molecule is NC(=O)CCC(N)C(=O)N1CCCC1C(=O)NC(Cc1cnc[nH]1)C(=O)NC(Cc1c[nH]c2ccccc12)C(=O)O. The molecule has 1 fully saturated rings. The maximum absolute atomic E-state index is 13.4. The van der Waals surface area contributed by atoms with E-state index in [1.807, 2.05) is 24.3 Å². The number of carbonyl (C=O) groups is 5. The molecule has 1 aliphatic heterocycles. The molecule has 4 atom stereocenters. The van der Waals surface area contributed by atoms with Crippen LogP contribution < -0.4 is 22.1 Å². The minimum Gasteiger partial charge on any atom is -0.480 e. The van der Waals surface area contributed by atoms with Gasteiger partial charge in [-0.3, -0.25) is 19.2 Å². The lowest BCUT2D eigenvalue weighted by Crippen LogP contribution is -2.57. The molecule has 0 aliphatic carbocycles. The summed E-state index contributed by atoms with van der Waals surface area (Å²) in [6, 6.07) is 3.12. The summed E-state index contributed by atoms with van der Waals surface area (Å²) < 4.78 is 0. The third-order valence-electron chi connectivity index (χ3n) is 7.18. The molecule has 3 heterocycles. The molecule has 0 radical (unpaired) electrons. The van der Waals surface area contributed by atoms with Crippen LogP contribution in [0.25, 0.3) is 10.9 Å². The van der Waals surface area contributed by atoms with Crippen molar-refractivity contribution >= 4 is 40.5 Å². The van der Waals surface area contributed by atoms with E-state index in [-0.39, 0.29) is 25.7 Å². The number of primary amides is 1. The molecule has 9 N–H and O–H groups in total. The molecule has 3 aromatic rings. The van der Waals surface area contributed by atoms with Crippen molar-refractivity contribution in [2.24, 2.45) is 11.5 Å². The van der Waals surface area contributed by atoms with Crippen molar-refractivity contribution in [3.05, 3.63) is 54.2 Å². The number of amides is 4. The maximum Gasteiger partial charge on any atom is 0.326 e. The van der Waals surface area contributed by atoms with Crippen molar-refractivity contribution in [3.8, 4) is 0 Å². The number of hydrogen-bond acceptors (Lipinski definition) is 7. The number of aromatic amines is 2. The largest absolute Gasteiger partial charge is 0.480 e. The number of carboxylic acid groups (broad SMARTS) is 1. The average molecular weight is 567 g/mol. The molecule has 0 saturated carbocycles. The molecule has 4 amide bonds. The number of hydrogen-bond donors (Lipinski definition) is 7. The van der Waals surface area contributed by atoms with Gasteiger partial charge in [0, 0.05) is 54.8 Å². The van der Waals surface area contributed by atoms with Gasteiger partial charge in [-0.1, -0.05) is 18.2 Å². The number of aliphatic carboxylic acids is 1. The Morgan fingerprint density at radius 1 is 1.10 bits per heavy atom. The second kappa shape index (κ2) is 13.1. The van der Waals surface area contributed by atoms with E-state index in [4.69, 9.17) is 11.5 Å². The first kappa shape index (κ1) is 29.3. The number of carbonyl (C=O) groups excluding carboxylic acids is 4. The van der Waals surface area contributed by atoms with Gasteiger partial charge in [-0.25, -0.2) is 9.78 Å². The lowest BCUT2D eigenvalue weighted by molar-refractivity contribution is -0.143. The number of H-pyrrole nitrogens is 2. The topological polar surface area (TPSA) is 229 Å². The van der Waals surface area contributed by atoms with Crippen molar-refractivity contribution in [2.75, 3.05) is 6.54 Å². The average Bonchev–Trinajstić information content (AvgIpc) is 3.72. The van der Waals surface area contributed by atoms with Crippen LogP contribution >= 0.6 is 0 Å². The first-order valence-corrected chi connectivity index (χ1v) is 13.3. The molecule has 1 aromatic carbocycles. The van der Waals surface area contributed by atoms with Crippen molar-refractivity contribution in [2.45, 2.75) is 62.7 Å². The maximum atomic E-state index is 13.4. The lowest BCUT2D eigenvalue weighted by Gasteiger charge is -2.28. The first-order chi connectivity index (χ1) is 19.6. The van der Waals surface area contributed by atoms with E-state index in [0.29, 0.717) is 25.1 Å². The summed E-state index contributed by atoms with van der Waals surface area (Å²) in [6.45, 7) is 0.296. The minimum absolute atomic E-state index is 0.00971. The molecule has 1 saturated heterocycles. The number of para-hydroxylation sites is 1. The number of nitrogens with zero attached hydrogens (tertiary/aromatic N) is 2. The number of nitrogens with one attached hydrogen (secondary N) is 4. The summed E-state index contributed by atoms with van der Waals surface area (Å²) in [7, 11) is 0. The molecule has 14 heteroatoms. The number of fused-ring (bicyclic) bond motifs is 1. The number of benzene rings is 1. The fourth-order valence-electron chi connectivity index (χ4n) is 5.02. The summed E-state index contributed by atoms with van der Waals surface area (Å²) in [5.41, 5.74) is 13.2. The second-order valence-corrected chi connectivity index (χ2v) is 10.1. The molecule has 14 nitrogen and oxygen atoms in total. The van der Waals surface area contributed by atoms with Crippen molar-refractivity contribution < 1.29 is 29.1 Å². The minimum atomic E-state index is -1.27. The summed E-state index contributed by atoms with van der Waals surface area (Å²) in [5.74, 6) is -3.56. The fraction of sp³-hybridized carbons (Fsp3) is 0.407. The standard InChI is InChI=1S/C27H34N8O6/c28-18(7-8-23(29)36)26(39)35-9-3-6-22(35)25(38)33-20(11-16-13-30-14-32-16)24(37)34-21(27(40)41)10-15-12-31-19-5-2-1-4-17(15)19/h1-2,4-5,12-14,18,20-22,31H,3,6-11,28H2,(H2,29,36)(H,30,32)(H,33,38)(H,34,37)(H,40,41). The van der Waals surface area contributed by atoms with Crippen LogP contribution in [0.4, 0.5) is 0 Å². The van der Waals surface area contributed by atoms with Gasteiger partial charge in [0.25, 0.3) is 0 Å². The Morgan fingerprint density at radius 3 is 2.59 bits per heavy atom. The van der Waals surface area contributed by atoms with Gasteiger partial charge in [-0.2, -0.15) is 0 Å². The monoisotopic (exact) mass is 566 g/mol. The van der Waals surface area contributed by atoms with Gasteiger partial charge in [-0.05, 0) is 30.9 Å². The zero-order valence-electron chi connectivity index (χ0n) is 22.3. The van der Waals surface area contributed by atoms with E-state index >= 15 is 0 Å². The van der Waals surface area contributed by atoms with Crippen LogP contribution in [0, 0.1) is 0 Å². The number of imidazole rings is 1. The predicted octanol–water partition coefficient (Wildman–Crippen LogP) is -0.686. The second-order valence-electron chi connectivity index (χ2n) is 10.1. The zero-order chi connectivity index (χ0) is 29.5. The number of likely N-dealkylation sites (tertiary alicyclic amines) is 1. The highest BCUT2D eigenvalue weighted by atomic mass is 16.4. The Hall–Kier alpha value is -4.72. The molecule has 0 spiro atoms. The lowest BCUT2D eigenvalue weighted by atomic mass is 10.0. The molecular weight excluding hydrogens is 532 g/mol. The number of aromatic nitrogens is 3. The van der Waals surface area contributed by atoms with Crippen molar-refractivity contribution in [1.29, 1.82) is 0 Å². The number of nitrogens with two attached hydrogens (primary N) is 2. The summed E-state index contributed by atoms with van der Waals surface area (Å²) >= 11 is 0. The van der Waals surface area contributed by atoms with Crippen LogP contribution in [0.1, 0.15) is 36.9 Å². The molecule has 1 aliphatic rings. The van der Waals surface area contributed by atoms with Gasteiger partial charge >= 0.3 is 5.97 Å². The summed E-state index contributed by atoms with van der Waals surface area (Å²) in [5, 5.41) is 16.0. The fourth-order valence-corrected chi connectivity index (χ4v) is 5.02. The number of carboxylic acids is 1. The predicted molar refractivity (Wildman–Crippen MR) is 147 cm³/mol. The molecule has 0 bridgehead atoms. The molecule has 218 valence electrons. The van der Waals surface area contributed by atoms with Gasteiger partial charge in [0.05, 0.1) is 12.4 Å². The highest BCUT2D eigenvalue weighted by Crippen LogP contribution is 2.21. The molecule has 4 rings (SSSR count). The van der Waals surface area contributed by atoms with Gasteiger partial charge in [0.15, 0.2) is 0 Å². The Balaban J connectivity index is 1.47. The van der Waals surface area contributed by atoms with Gasteiger partial charge in [0.2, 0.25) is 23.6 Å². The van der Waals surface area contributed by atoms with E-state index in [1.165, 1.54) is 17.4 Å². The van der Waals surface area contributed by atoms with Crippen LogP contribution in [0.3, 0.4) is 0 Å².